The number of ether oxygens (including phenoxy) is 4. The van der Waals surface area contributed by atoms with Gasteiger partial charge in [-0.05, 0) is 18.3 Å². The largest absolute Gasteiger partial charge is 0.487 e. The van der Waals surface area contributed by atoms with E-state index in [9.17, 15) is 0 Å². The van der Waals surface area contributed by atoms with Gasteiger partial charge in [0.1, 0.15) is 0 Å². The lowest BCUT2D eigenvalue weighted by atomic mass is 9.98. The highest BCUT2D eigenvalue weighted by Gasteiger charge is 2.62. The quantitative estimate of drug-likeness (QED) is 0.713. The average Bonchev–Trinajstić information content (AvgIpc) is 3.15. The number of methoxy groups -OCH3 is 4. The minimum Gasteiger partial charge on any atom is -0.487 e. The zero-order valence-electron chi connectivity index (χ0n) is 13.4. The van der Waals surface area contributed by atoms with Crippen LogP contribution >= 0.6 is 47.0 Å². The number of fused-ring (bicyclic) bond motifs is 8. The number of thioether (sulfide) groups is 4. The smallest absolute Gasteiger partial charge is 0.202 e. The minimum absolute atomic E-state index is 0.607. The van der Waals surface area contributed by atoms with Gasteiger partial charge in [-0.25, -0.2) is 0 Å². The van der Waals surface area contributed by atoms with Crippen LogP contribution in [0.25, 0.3) is 0 Å². The molecular weight excluding hydrogens is 372 g/mol. The SMILES string of the molecule is COC1=C(OC)SC2C3CC(C2S1)C1SC(OC)=C(OC)SC31. The van der Waals surface area contributed by atoms with Crippen LogP contribution in [0.4, 0.5) is 0 Å². The second-order valence-electron chi connectivity index (χ2n) is 5.86. The molecule has 8 heteroatoms. The lowest BCUT2D eigenvalue weighted by Crippen LogP contribution is -2.44. The lowest BCUT2D eigenvalue weighted by molar-refractivity contribution is 0.261. The van der Waals surface area contributed by atoms with Crippen LogP contribution in [0, 0.1) is 11.8 Å². The lowest BCUT2D eigenvalue weighted by Gasteiger charge is -2.43. The molecule has 4 aliphatic rings. The monoisotopic (exact) mass is 392 g/mol. The summed E-state index contributed by atoms with van der Waals surface area (Å²) in [4.78, 5) is 0. The van der Waals surface area contributed by atoms with Crippen molar-refractivity contribution in [3.05, 3.63) is 20.4 Å². The Morgan fingerprint density at radius 1 is 0.565 bits per heavy atom. The summed E-state index contributed by atoms with van der Waals surface area (Å²) in [5.41, 5.74) is 0. The zero-order chi connectivity index (χ0) is 16.1. The molecule has 2 heterocycles. The van der Waals surface area contributed by atoms with Crippen molar-refractivity contribution in [1.82, 2.24) is 0 Å². The maximum Gasteiger partial charge on any atom is 0.202 e. The molecule has 2 saturated carbocycles. The summed E-state index contributed by atoms with van der Waals surface area (Å²) >= 11 is 7.48. The Hall–Kier alpha value is 0.0800. The van der Waals surface area contributed by atoms with Gasteiger partial charge in [0.05, 0.1) is 28.4 Å². The highest BCUT2D eigenvalue weighted by Crippen LogP contribution is 2.67. The van der Waals surface area contributed by atoms with Gasteiger partial charge in [-0.15, -0.1) is 0 Å². The minimum atomic E-state index is 0.607. The van der Waals surface area contributed by atoms with Crippen molar-refractivity contribution in [2.75, 3.05) is 28.4 Å². The number of hydrogen-bond donors (Lipinski definition) is 0. The highest BCUT2D eigenvalue weighted by molar-refractivity contribution is 8.12. The van der Waals surface area contributed by atoms with Crippen molar-refractivity contribution in [2.24, 2.45) is 11.8 Å². The maximum absolute atomic E-state index is 5.55. The van der Waals surface area contributed by atoms with E-state index >= 15 is 0 Å². The van der Waals surface area contributed by atoms with E-state index in [0.29, 0.717) is 32.8 Å². The molecule has 4 nitrogen and oxygen atoms in total. The van der Waals surface area contributed by atoms with Crippen LogP contribution in [0.2, 0.25) is 0 Å². The fourth-order valence-electron chi connectivity index (χ4n) is 4.03. The summed E-state index contributed by atoms with van der Waals surface area (Å²) in [5, 5.41) is 6.19. The van der Waals surface area contributed by atoms with Gasteiger partial charge < -0.3 is 18.9 Å². The van der Waals surface area contributed by atoms with Gasteiger partial charge in [0.25, 0.3) is 0 Å². The first-order valence-corrected chi connectivity index (χ1v) is 11.0. The third kappa shape index (κ3) is 2.47. The standard InChI is InChI=1S/C15H20O4S4/c1-16-12-13(17-2)21-9-7-5-6(8(9)20-12)10-11(7)23-15(19-4)14(18-3)22-10/h6-11H,5H2,1-4H3. The molecule has 0 radical (unpaired) electrons. The first kappa shape index (κ1) is 16.5. The van der Waals surface area contributed by atoms with Crippen molar-refractivity contribution in [3.8, 4) is 0 Å². The first-order chi connectivity index (χ1) is 11.2. The van der Waals surface area contributed by atoms with Crippen LogP contribution in [0.5, 0.6) is 0 Å². The van der Waals surface area contributed by atoms with Gasteiger partial charge in [0, 0.05) is 21.0 Å². The second-order valence-corrected chi connectivity index (χ2v) is 10.5. The molecule has 0 aromatic carbocycles. The van der Waals surface area contributed by atoms with Crippen molar-refractivity contribution in [2.45, 2.75) is 27.4 Å². The van der Waals surface area contributed by atoms with Gasteiger partial charge in [0.15, 0.2) is 0 Å². The molecule has 0 aromatic rings. The normalized spacial score (nSPS) is 41.6. The highest BCUT2D eigenvalue weighted by atomic mass is 32.2. The van der Waals surface area contributed by atoms with Crippen molar-refractivity contribution < 1.29 is 18.9 Å². The molecule has 128 valence electrons. The van der Waals surface area contributed by atoms with Crippen LogP contribution in [0.1, 0.15) is 6.42 Å². The third-order valence-electron chi connectivity index (χ3n) is 4.93. The fourth-order valence-corrected chi connectivity index (χ4v) is 10.7. The molecule has 0 spiro atoms. The fraction of sp³-hybridized carbons (Fsp3) is 0.733. The summed E-state index contributed by atoms with van der Waals surface area (Å²) in [6.07, 6.45) is 1.28. The molecule has 2 aliphatic carbocycles. The summed E-state index contributed by atoms with van der Waals surface area (Å²) in [7, 11) is 6.94. The molecule has 4 unspecified atom stereocenters. The molecule has 0 N–H and O–H groups in total. The summed E-state index contributed by atoms with van der Waals surface area (Å²) in [5.74, 6) is 1.38. The molecule has 2 bridgehead atoms. The Kier molecular flexibility index (Phi) is 4.62. The Bertz CT molecular complexity index is 472. The zero-order valence-corrected chi connectivity index (χ0v) is 16.7. The van der Waals surface area contributed by atoms with Crippen LogP contribution in [0.3, 0.4) is 0 Å². The molecular formula is C15H20O4S4. The van der Waals surface area contributed by atoms with E-state index in [0.717, 1.165) is 20.4 Å². The molecule has 0 amide bonds. The van der Waals surface area contributed by atoms with Crippen molar-refractivity contribution >= 4 is 47.0 Å². The van der Waals surface area contributed by atoms with E-state index in [4.69, 9.17) is 18.9 Å². The summed E-state index contributed by atoms with van der Waals surface area (Å²) < 4.78 is 22.2. The van der Waals surface area contributed by atoms with E-state index < -0.39 is 0 Å². The maximum atomic E-state index is 5.55. The van der Waals surface area contributed by atoms with E-state index in [1.54, 1.807) is 28.4 Å². The molecule has 0 saturated heterocycles. The average molecular weight is 393 g/mol. The molecule has 4 rings (SSSR count). The van der Waals surface area contributed by atoms with E-state index in [2.05, 4.69) is 0 Å². The Balaban J connectivity index is 1.61. The van der Waals surface area contributed by atoms with E-state index in [-0.39, 0.29) is 0 Å². The van der Waals surface area contributed by atoms with E-state index in [1.807, 2.05) is 47.0 Å². The van der Waals surface area contributed by atoms with Gasteiger partial charge in [-0.2, -0.15) is 0 Å². The third-order valence-corrected chi connectivity index (χ3v) is 11.5. The van der Waals surface area contributed by atoms with Crippen LogP contribution in [0.15, 0.2) is 20.4 Å². The van der Waals surface area contributed by atoms with Crippen molar-refractivity contribution in [3.63, 3.8) is 0 Å². The Morgan fingerprint density at radius 3 is 1.04 bits per heavy atom. The van der Waals surface area contributed by atoms with Crippen LogP contribution < -0.4 is 0 Å². The Morgan fingerprint density at radius 2 is 0.826 bits per heavy atom. The van der Waals surface area contributed by atoms with Gasteiger partial charge >= 0.3 is 0 Å². The summed E-state index contributed by atoms with van der Waals surface area (Å²) in [6, 6.07) is 0. The van der Waals surface area contributed by atoms with Crippen LogP contribution in [-0.4, -0.2) is 49.4 Å². The second kappa shape index (κ2) is 6.42. The van der Waals surface area contributed by atoms with Gasteiger partial charge in [-0.1, -0.05) is 47.0 Å². The molecule has 23 heavy (non-hydrogen) atoms. The van der Waals surface area contributed by atoms with Gasteiger partial charge in [-0.3, -0.25) is 0 Å². The van der Waals surface area contributed by atoms with Gasteiger partial charge in [0.2, 0.25) is 20.4 Å². The molecule has 2 aliphatic heterocycles. The Labute approximate surface area is 153 Å². The molecule has 0 aromatic heterocycles. The van der Waals surface area contributed by atoms with Crippen LogP contribution in [-0.2, 0) is 18.9 Å². The predicted octanol–water partition coefficient (Wildman–Crippen LogP) is 3.91. The summed E-state index contributed by atoms with van der Waals surface area (Å²) in [6.45, 7) is 0. The number of rotatable bonds is 4. The topological polar surface area (TPSA) is 36.9 Å². The van der Waals surface area contributed by atoms with E-state index in [1.165, 1.54) is 6.42 Å². The molecule has 4 atom stereocenters. The number of hydrogen-bond acceptors (Lipinski definition) is 8. The first-order valence-electron chi connectivity index (χ1n) is 7.53. The molecule has 2 fully saturated rings. The van der Waals surface area contributed by atoms with Crippen molar-refractivity contribution in [1.29, 1.82) is 0 Å². The predicted molar refractivity (Wildman–Crippen MR) is 99.2 cm³/mol.